The van der Waals surface area contributed by atoms with Crippen LogP contribution in [0.1, 0.15) is 18.9 Å². The molecule has 0 aromatic heterocycles. The van der Waals surface area contributed by atoms with Crippen LogP contribution in [0.4, 0.5) is 0 Å². The first kappa shape index (κ1) is 16.6. The number of halogens is 1. The molecule has 1 aromatic rings. The van der Waals surface area contributed by atoms with Gasteiger partial charge < -0.3 is 5.11 Å². The van der Waals surface area contributed by atoms with E-state index in [1.54, 1.807) is 13.0 Å². The fourth-order valence-corrected chi connectivity index (χ4v) is 3.88. The van der Waals surface area contributed by atoms with Crippen molar-refractivity contribution in [1.82, 2.24) is 4.31 Å². The quantitative estimate of drug-likeness (QED) is 0.833. The van der Waals surface area contributed by atoms with Crippen molar-refractivity contribution < 1.29 is 18.3 Å². The van der Waals surface area contributed by atoms with Gasteiger partial charge in [-0.1, -0.05) is 13.0 Å². The van der Waals surface area contributed by atoms with Gasteiger partial charge >= 0.3 is 5.97 Å². The van der Waals surface area contributed by atoms with E-state index in [1.165, 1.54) is 12.1 Å². The van der Waals surface area contributed by atoms with Crippen molar-refractivity contribution in [3.63, 3.8) is 0 Å². The molecule has 0 aliphatic rings. The van der Waals surface area contributed by atoms with Crippen LogP contribution in [0.2, 0.25) is 0 Å². The first-order valence-electron chi connectivity index (χ1n) is 5.75. The van der Waals surface area contributed by atoms with Gasteiger partial charge in [0.05, 0.1) is 5.56 Å². The van der Waals surface area contributed by atoms with E-state index < -0.39 is 22.5 Å². The van der Waals surface area contributed by atoms with E-state index in [2.05, 4.69) is 15.9 Å². The fraction of sp³-hybridized carbons (Fsp3) is 0.333. The lowest BCUT2D eigenvalue weighted by molar-refractivity contribution is -0.137. The van der Waals surface area contributed by atoms with Crippen LogP contribution in [0.25, 0.3) is 0 Å². The van der Waals surface area contributed by atoms with Crippen LogP contribution in [0.15, 0.2) is 27.6 Å². The van der Waals surface area contributed by atoms with Crippen LogP contribution >= 0.6 is 15.9 Å². The second-order valence-corrected chi connectivity index (χ2v) is 6.72. The number of carboxylic acids is 1. The van der Waals surface area contributed by atoms with Crippen molar-refractivity contribution in [1.29, 1.82) is 5.26 Å². The highest BCUT2D eigenvalue weighted by Crippen LogP contribution is 2.26. The molecule has 1 aromatic carbocycles. The molecule has 1 N–H and O–H groups in total. The fourth-order valence-electron chi connectivity index (χ4n) is 1.65. The number of rotatable bonds is 6. The van der Waals surface area contributed by atoms with Crippen LogP contribution < -0.4 is 0 Å². The molecule has 6 nitrogen and oxygen atoms in total. The van der Waals surface area contributed by atoms with Crippen molar-refractivity contribution in [2.24, 2.45) is 0 Å². The van der Waals surface area contributed by atoms with Crippen molar-refractivity contribution in [3.8, 4) is 6.07 Å². The van der Waals surface area contributed by atoms with Gasteiger partial charge in [0.1, 0.15) is 17.5 Å². The zero-order valence-corrected chi connectivity index (χ0v) is 13.1. The largest absolute Gasteiger partial charge is 0.480 e. The zero-order chi connectivity index (χ0) is 15.3. The van der Waals surface area contributed by atoms with Gasteiger partial charge in [-0.15, -0.1) is 0 Å². The maximum atomic E-state index is 12.5. The molecule has 0 bridgehead atoms. The van der Waals surface area contributed by atoms with Crippen molar-refractivity contribution in [2.45, 2.75) is 18.2 Å². The average Bonchev–Trinajstić information content (AvgIpc) is 2.37. The second-order valence-electron chi connectivity index (χ2n) is 3.96. The summed E-state index contributed by atoms with van der Waals surface area (Å²) in [6.45, 7) is 1.19. The summed E-state index contributed by atoms with van der Waals surface area (Å²) in [5, 5.41) is 17.9. The summed E-state index contributed by atoms with van der Waals surface area (Å²) in [5.41, 5.74) is -0.0287. The van der Waals surface area contributed by atoms with Crippen molar-refractivity contribution in [3.05, 3.63) is 28.2 Å². The maximum Gasteiger partial charge on any atom is 0.318 e. The summed E-state index contributed by atoms with van der Waals surface area (Å²) < 4.78 is 26.2. The van der Waals surface area contributed by atoms with E-state index in [0.717, 1.165) is 4.31 Å². The molecule has 0 amide bonds. The Morgan fingerprint density at radius 2 is 2.15 bits per heavy atom. The predicted octanol–water partition coefficient (Wildman–Crippen LogP) is 1.81. The topological polar surface area (TPSA) is 98.5 Å². The standard InChI is InChI=1S/C12H13BrN2O4S/c1-2-6-15(8-12(16)17)20(18,19)11-5-3-4-10(13)9(11)7-14/h3-5H,2,6,8H2,1H3,(H,16,17). The molecular formula is C12H13BrN2O4S. The van der Waals surface area contributed by atoms with Crippen LogP contribution in [0.3, 0.4) is 0 Å². The third kappa shape index (κ3) is 3.56. The van der Waals surface area contributed by atoms with E-state index >= 15 is 0 Å². The average molecular weight is 361 g/mol. The molecule has 0 aliphatic heterocycles. The monoisotopic (exact) mass is 360 g/mol. The third-order valence-electron chi connectivity index (χ3n) is 2.49. The Balaban J connectivity index is 3.37. The van der Waals surface area contributed by atoms with Gasteiger partial charge in [-0.2, -0.15) is 9.57 Å². The molecule has 20 heavy (non-hydrogen) atoms. The van der Waals surface area contributed by atoms with E-state index in [9.17, 15) is 13.2 Å². The van der Waals surface area contributed by atoms with Crippen LogP contribution in [-0.2, 0) is 14.8 Å². The molecule has 0 radical (unpaired) electrons. The number of nitrogens with zero attached hydrogens (tertiary/aromatic N) is 2. The second kappa shape index (κ2) is 6.83. The van der Waals surface area contributed by atoms with Gasteiger partial charge in [-0.3, -0.25) is 4.79 Å². The van der Waals surface area contributed by atoms with E-state index in [4.69, 9.17) is 10.4 Å². The SMILES string of the molecule is CCCN(CC(=O)O)S(=O)(=O)c1cccc(Br)c1C#N. The molecule has 0 atom stereocenters. The number of hydrogen-bond donors (Lipinski definition) is 1. The molecule has 0 heterocycles. The Kier molecular flexibility index (Phi) is 5.68. The number of carboxylic acid groups (broad SMARTS) is 1. The molecule has 0 saturated carbocycles. The lowest BCUT2D eigenvalue weighted by atomic mass is 10.2. The molecule has 0 saturated heterocycles. The van der Waals surface area contributed by atoms with E-state index in [0.29, 0.717) is 10.9 Å². The van der Waals surface area contributed by atoms with Crippen molar-refractivity contribution >= 4 is 31.9 Å². The maximum absolute atomic E-state index is 12.5. The van der Waals surface area contributed by atoms with Crippen LogP contribution in [0.5, 0.6) is 0 Å². The molecule has 0 unspecified atom stereocenters. The summed E-state index contributed by atoms with van der Waals surface area (Å²) >= 11 is 3.12. The minimum atomic E-state index is -4.02. The number of carbonyl (C=O) groups is 1. The first-order valence-corrected chi connectivity index (χ1v) is 7.98. The lowest BCUT2D eigenvalue weighted by Gasteiger charge is -2.20. The number of aliphatic carboxylic acids is 1. The number of sulfonamides is 1. The van der Waals surface area contributed by atoms with Crippen LogP contribution in [0, 0.1) is 11.3 Å². The summed E-state index contributed by atoms with van der Waals surface area (Å²) in [5.74, 6) is -1.24. The summed E-state index contributed by atoms with van der Waals surface area (Å²) in [7, 11) is -4.02. The smallest absolute Gasteiger partial charge is 0.318 e. The van der Waals surface area contributed by atoms with Crippen LogP contribution in [-0.4, -0.2) is 36.9 Å². The van der Waals surface area contributed by atoms with E-state index in [-0.39, 0.29) is 17.0 Å². The molecule has 1 rings (SSSR count). The van der Waals surface area contributed by atoms with Crippen molar-refractivity contribution in [2.75, 3.05) is 13.1 Å². The highest BCUT2D eigenvalue weighted by Gasteiger charge is 2.28. The predicted molar refractivity (Wildman–Crippen MR) is 75.5 cm³/mol. The first-order chi connectivity index (χ1) is 9.34. The number of hydrogen-bond acceptors (Lipinski definition) is 4. The Morgan fingerprint density at radius 3 is 2.65 bits per heavy atom. The summed E-state index contributed by atoms with van der Waals surface area (Å²) in [6, 6.07) is 6.16. The molecule has 0 spiro atoms. The molecular weight excluding hydrogens is 348 g/mol. The Morgan fingerprint density at radius 1 is 1.50 bits per heavy atom. The number of benzene rings is 1. The van der Waals surface area contributed by atoms with E-state index in [1.807, 2.05) is 6.07 Å². The molecule has 0 aliphatic carbocycles. The third-order valence-corrected chi connectivity index (χ3v) is 5.04. The minimum absolute atomic E-state index is 0.0287. The summed E-state index contributed by atoms with van der Waals surface area (Å²) in [6.07, 6.45) is 0.475. The zero-order valence-electron chi connectivity index (χ0n) is 10.7. The number of nitriles is 1. The highest BCUT2D eigenvalue weighted by molar-refractivity contribution is 9.10. The minimum Gasteiger partial charge on any atom is -0.480 e. The normalized spacial score (nSPS) is 11.3. The summed E-state index contributed by atoms with van der Waals surface area (Å²) in [4.78, 5) is 10.6. The lowest BCUT2D eigenvalue weighted by Crippen LogP contribution is -2.36. The molecule has 108 valence electrons. The Bertz CT molecular complexity index is 652. The molecule has 0 fully saturated rings. The van der Waals surface area contributed by atoms with Gasteiger partial charge in [0.15, 0.2) is 0 Å². The Labute approximate surface area is 125 Å². The van der Waals surface area contributed by atoms with Gasteiger partial charge in [0.2, 0.25) is 10.0 Å². The Hall–Kier alpha value is -1.43. The van der Waals surface area contributed by atoms with Gasteiger partial charge in [0, 0.05) is 11.0 Å². The van der Waals surface area contributed by atoms with Gasteiger partial charge in [-0.25, -0.2) is 8.42 Å². The molecule has 8 heteroatoms. The van der Waals surface area contributed by atoms with Gasteiger partial charge in [-0.05, 0) is 34.5 Å². The van der Waals surface area contributed by atoms with Gasteiger partial charge in [0.25, 0.3) is 0 Å². The highest BCUT2D eigenvalue weighted by atomic mass is 79.9.